The van der Waals surface area contributed by atoms with Crippen LogP contribution in [0, 0.1) is 5.82 Å². The average Bonchev–Trinajstić information content (AvgIpc) is 2.71. The van der Waals surface area contributed by atoms with Crippen molar-refractivity contribution in [1.29, 1.82) is 0 Å². The molecule has 1 aliphatic heterocycles. The highest BCUT2D eigenvalue weighted by molar-refractivity contribution is 5.85. The molecule has 7 heteroatoms. The zero-order chi connectivity index (χ0) is 19.2. The Morgan fingerprint density at radius 2 is 2.04 bits per heavy atom. The number of rotatable bonds is 6. The molecular formula is C21H26ClFN2O3. The number of piperazine rings is 1. The number of nitrogens with one attached hydrogen (secondary N) is 1. The van der Waals surface area contributed by atoms with Crippen molar-refractivity contribution in [2.24, 2.45) is 0 Å². The number of amides is 1. The minimum atomic E-state index is -0.286. The van der Waals surface area contributed by atoms with Crippen molar-refractivity contribution in [2.45, 2.75) is 18.9 Å². The Morgan fingerprint density at radius 3 is 2.75 bits per heavy atom. The smallest absolute Gasteiger partial charge is 0.223 e. The first kappa shape index (κ1) is 22.0. The molecule has 152 valence electrons. The number of methoxy groups -OCH3 is 2. The van der Waals surface area contributed by atoms with E-state index < -0.39 is 0 Å². The van der Waals surface area contributed by atoms with Gasteiger partial charge < -0.3 is 19.7 Å². The van der Waals surface area contributed by atoms with Crippen LogP contribution in [0.25, 0.3) is 0 Å². The van der Waals surface area contributed by atoms with Crippen molar-refractivity contribution in [1.82, 2.24) is 10.2 Å². The third-order valence-corrected chi connectivity index (χ3v) is 4.89. The molecule has 5 nitrogen and oxygen atoms in total. The Hall–Kier alpha value is -2.31. The molecule has 1 fully saturated rings. The van der Waals surface area contributed by atoms with Gasteiger partial charge in [-0.2, -0.15) is 0 Å². The van der Waals surface area contributed by atoms with Crippen molar-refractivity contribution in [3.8, 4) is 11.5 Å². The Labute approximate surface area is 171 Å². The largest absolute Gasteiger partial charge is 0.497 e. The topological polar surface area (TPSA) is 50.8 Å². The summed E-state index contributed by atoms with van der Waals surface area (Å²) in [5, 5.41) is 3.29. The van der Waals surface area contributed by atoms with E-state index in [1.807, 2.05) is 29.2 Å². The van der Waals surface area contributed by atoms with Crippen LogP contribution in [-0.2, 0) is 11.2 Å². The molecule has 0 spiro atoms. The summed E-state index contributed by atoms with van der Waals surface area (Å²) in [6.07, 6.45) is 0.911. The van der Waals surface area contributed by atoms with Crippen LogP contribution < -0.4 is 14.8 Å². The summed E-state index contributed by atoms with van der Waals surface area (Å²) in [5.41, 5.74) is 1.75. The van der Waals surface area contributed by atoms with Crippen LogP contribution in [-0.4, -0.2) is 44.7 Å². The summed E-state index contributed by atoms with van der Waals surface area (Å²) in [4.78, 5) is 14.8. The van der Waals surface area contributed by atoms with Gasteiger partial charge in [-0.15, -0.1) is 12.4 Å². The van der Waals surface area contributed by atoms with E-state index in [0.29, 0.717) is 25.9 Å². The zero-order valence-corrected chi connectivity index (χ0v) is 16.9. The van der Waals surface area contributed by atoms with Crippen LogP contribution in [0.3, 0.4) is 0 Å². The van der Waals surface area contributed by atoms with Crippen molar-refractivity contribution < 1.29 is 18.7 Å². The minimum absolute atomic E-state index is 0. The SMILES string of the molecule is COc1ccc(OC)c(CCC(=O)N2CCNCC2c2cccc(F)c2)c1.Cl. The number of halogens is 2. The number of hydrogen-bond acceptors (Lipinski definition) is 4. The second-order valence-electron chi connectivity index (χ2n) is 6.54. The van der Waals surface area contributed by atoms with E-state index in [9.17, 15) is 9.18 Å². The second kappa shape index (κ2) is 10.3. The van der Waals surface area contributed by atoms with E-state index in [2.05, 4.69) is 5.32 Å². The second-order valence-corrected chi connectivity index (χ2v) is 6.54. The molecule has 0 aliphatic carbocycles. The lowest BCUT2D eigenvalue weighted by Gasteiger charge is -2.36. The number of ether oxygens (including phenoxy) is 2. The summed E-state index contributed by atoms with van der Waals surface area (Å²) in [7, 11) is 3.23. The third-order valence-electron chi connectivity index (χ3n) is 4.89. The van der Waals surface area contributed by atoms with Gasteiger partial charge in [-0.05, 0) is 47.9 Å². The van der Waals surface area contributed by atoms with E-state index in [4.69, 9.17) is 9.47 Å². The van der Waals surface area contributed by atoms with Gasteiger partial charge in [0.05, 0.1) is 20.3 Å². The predicted octanol–water partition coefficient (Wildman–Crippen LogP) is 3.37. The third kappa shape index (κ3) is 5.14. The lowest BCUT2D eigenvalue weighted by molar-refractivity contribution is -0.134. The number of nitrogens with zero attached hydrogens (tertiary/aromatic N) is 1. The van der Waals surface area contributed by atoms with E-state index in [0.717, 1.165) is 29.2 Å². The van der Waals surface area contributed by atoms with Crippen LogP contribution in [0.1, 0.15) is 23.6 Å². The van der Waals surface area contributed by atoms with Crippen LogP contribution in [0.4, 0.5) is 4.39 Å². The Kier molecular flexibility index (Phi) is 8.08. The summed E-state index contributed by atoms with van der Waals surface area (Å²) in [6, 6.07) is 11.9. The van der Waals surface area contributed by atoms with Gasteiger partial charge in [-0.25, -0.2) is 4.39 Å². The Balaban J connectivity index is 0.00000280. The summed E-state index contributed by atoms with van der Waals surface area (Å²) in [5.74, 6) is 1.24. The fourth-order valence-electron chi connectivity index (χ4n) is 3.48. The van der Waals surface area contributed by atoms with Crippen LogP contribution in [0.15, 0.2) is 42.5 Å². The number of carbonyl (C=O) groups is 1. The zero-order valence-electron chi connectivity index (χ0n) is 16.1. The molecule has 0 saturated carbocycles. The van der Waals surface area contributed by atoms with Crippen molar-refractivity contribution in [3.05, 3.63) is 59.4 Å². The van der Waals surface area contributed by atoms with E-state index in [-0.39, 0.29) is 30.2 Å². The normalized spacial score (nSPS) is 16.2. The quantitative estimate of drug-likeness (QED) is 0.796. The van der Waals surface area contributed by atoms with Crippen LogP contribution in [0.2, 0.25) is 0 Å². The molecule has 0 radical (unpaired) electrons. The highest BCUT2D eigenvalue weighted by Crippen LogP contribution is 2.27. The number of hydrogen-bond donors (Lipinski definition) is 1. The average molecular weight is 409 g/mol. The molecule has 1 unspecified atom stereocenters. The highest BCUT2D eigenvalue weighted by atomic mass is 35.5. The Morgan fingerprint density at radius 1 is 1.21 bits per heavy atom. The molecule has 1 aliphatic rings. The molecule has 3 rings (SSSR count). The molecule has 1 saturated heterocycles. The fraction of sp³-hybridized carbons (Fsp3) is 0.381. The van der Waals surface area contributed by atoms with E-state index in [1.165, 1.54) is 12.1 Å². The first-order valence-electron chi connectivity index (χ1n) is 9.09. The first-order valence-corrected chi connectivity index (χ1v) is 9.09. The molecule has 0 bridgehead atoms. The molecule has 1 heterocycles. The molecule has 2 aromatic carbocycles. The highest BCUT2D eigenvalue weighted by Gasteiger charge is 2.28. The van der Waals surface area contributed by atoms with Crippen LogP contribution >= 0.6 is 12.4 Å². The van der Waals surface area contributed by atoms with Gasteiger partial charge >= 0.3 is 0 Å². The number of carbonyl (C=O) groups excluding carboxylic acids is 1. The molecule has 28 heavy (non-hydrogen) atoms. The van der Waals surface area contributed by atoms with E-state index >= 15 is 0 Å². The maximum absolute atomic E-state index is 13.6. The summed E-state index contributed by atoms with van der Waals surface area (Å²) >= 11 is 0. The lowest BCUT2D eigenvalue weighted by atomic mass is 10.0. The van der Waals surface area contributed by atoms with Gasteiger partial charge in [0.25, 0.3) is 0 Å². The van der Waals surface area contributed by atoms with Gasteiger partial charge in [0.2, 0.25) is 5.91 Å². The van der Waals surface area contributed by atoms with Gasteiger partial charge in [-0.3, -0.25) is 4.79 Å². The van der Waals surface area contributed by atoms with Crippen LogP contribution in [0.5, 0.6) is 11.5 Å². The first-order chi connectivity index (χ1) is 13.1. The predicted molar refractivity (Wildman–Crippen MR) is 109 cm³/mol. The van der Waals surface area contributed by atoms with Gasteiger partial charge in [-0.1, -0.05) is 12.1 Å². The molecule has 1 amide bonds. The maximum Gasteiger partial charge on any atom is 0.223 e. The minimum Gasteiger partial charge on any atom is -0.497 e. The number of aryl methyl sites for hydroxylation is 1. The van der Waals surface area contributed by atoms with Gasteiger partial charge in [0.1, 0.15) is 17.3 Å². The van der Waals surface area contributed by atoms with E-state index in [1.54, 1.807) is 20.3 Å². The molecule has 1 N–H and O–H groups in total. The van der Waals surface area contributed by atoms with Crippen molar-refractivity contribution in [2.75, 3.05) is 33.9 Å². The molecule has 0 aromatic heterocycles. The summed E-state index contributed by atoms with van der Waals surface area (Å²) < 4.78 is 24.3. The van der Waals surface area contributed by atoms with Crippen molar-refractivity contribution in [3.63, 3.8) is 0 Å². The van der Waals surface area contributed by atoms with Gasteiger partial charge in [0, 0.05) is 26.1 Å². The molecule has 1 atom stereocenters. The lowest BCUT2D eigenvalue weighted by Crippen LogP contribution is -2.48. The maximum atomic E-state index is 13.6. The molecule has 2 aromatic rings. The number of benzene rings is 2. The fourth-order valence-corrected chi connectivity index (χ4v) is 3.48. The molecular weight excluding hydrogens is 383 g/mol. The standard InChI is InChI=1S/C21H25FN2O3.ClH/c1-26-18-7-8-20(27-2)16(13-18)6-9-21(25)24-11-10-23-14-19(24)15-4-3-5-17(22)12-15;/h3-5,7-8,12-13,19,23H,6,9-11,14H2,1-2H3;1H. The monoisotopic (exact) mass is 408 g/mol. The van der Waals surface area contributed by atoms with Crippen molar-refractivity contribution >= 4 is 18.3 Å². The Bertz CT molecular complexity index is 803. The van der Waals surface area contributed by atoms with Gasteiger partial charge in [0.15, 0.2) is 0 Å². The summed E-state index contributed by atoms with van der Waals surface area (Å²) in [6.45, 7) is 1.97.